The van der Waals surface area contributed by atoms with Crippen molar-refractivity contribution < 1.29 is 0 Å². The van der Waals surface area contributed by atoms with Gasteiger partial charge in [0.15, 0.2) is 0 Å². The van der Waals surface area contributed by atoms with Crippen LogP contribution in [-0.2, 0) is 0 Å². The number of benzene rings is 2. The Morgan fingerprint density at radius 1 is 0.704 bits per heavy atom. The van der Waals surface area contributed by atoms with E-state index in [1.807, 2.05) is 74.5 Å². The van der Waals surface area contributed by atoms with Gasteiger partial charge in [0.2, 0.25) is 0 Å². The molecule has 0 saturated heterocycles. The summed E-state index contributed by atoms with van der Waals surface area (Å²) >= 11 is 6.29. The fourth-order valence-corrected chi connectivity index (χ4v) is 2.60. The van der Waals surface area contributed by atoms with Crippen molar-refractivity contribution in [3.05, 3.63) is 89.2 Å². The first-order chi connectivity index (χ1) is 13.1. The van der Waals surface area contributed by atoms with Crippen LogP contribution in [0.25, 0.3) is 0 Å². The van der Waals surface area contributed by atoms with Crippen molar-refractivity contribution in [3.8, 4) is 0 Å². The van der Waals surface area contributed by atoms with Crippen LogP contribution >= 0.6 is 11.6 Å². The molecule has 0 amide bonds. The molecule has 0 spiro atoms. The molecule has 3 aromatic rings. The third-order valence-corrected chi connectivity index (χ3v) is 4.11. The summed E-state index contributed by atoms with van der Waals surface area (Å²) in [6.07, 6.45) is 0. The Kier molecular flexibility index (Phi) is 6.39. The molecule has 0 bridgehead atoms. The highest BCUT2D eigenvalue weighted by Crippen LogP contribution is 2.26. The molecule has 2 atom stereocenters. The molecule has 0 aliphatic heterocycles. The van der Waals surface area contributed by atoms with Crippen LogP contribution in [0.15, 0.2) is 93.3 Å². The molecule has 27 heavy (non-hydrogen) atoms. The standard InChI is InChI=1S/C21H20ClN5/c1-15(24-26-18-9-5-3-6-10-18)20-13-17(22)14-21(23-20)16(2)25-27-19-11-7-4-8-12-19/h3-16H,1-2H3. The Morgan fingerprint density at radius 2 is 1.11 bits per heavy atom. The van der Waals surface area contributed by atoms with E-state index in [2.05, 4.69) is 25.4 Å². The molecule has 2 unspecified atom stereocenters. The Morgan fingerprint density at radius 3 is 1.52 bits per heavy atom. The van der Waals surface area contributed by atoms with Crippen molar-refractivity contribution in [1.29, 1.82) is 0 Å². The minimum Gasteiger partial charge on any atom is -0.253 e. The first kappa shape index (κ1) is 18.9. The molecule has 1 heterocycles. The second kappa shape index (κ2) is 9.14. The van der Waals surface area contributed by atoms with Crippen LogP contribution < -0.4 is 0 Å². The molecule has 5 nitrogen and oxygen atoms in total. The minimum absolute atomic E-state index is 0.221. The Bertz CT molecular complexity index is 852. The molecular formula is C21H20ClN5. The normalized spacial score (nSPS) is 13.9. The quantitative estimate of drug-likeness (QED) is 0.412. The van der Waals surface area contributed by atoms with E-state index in [0.717, 1.165) is 22.8 Å². The monoisotopic (exact) mass is 377 g/mol. The average molecular weight is 378 g/mol. The Balaban J connectivity index is 1.77. The number of aromatic nitrogens is 1. The zero-order valence-corrected chi connectivity index (χ0v) is 16.0. The molecule has 2 aromatic carbocycles. The molecule has 6 heteroatoms. The van der Waals surface area contributed by atoms with E-state index < -0.39 is 0 Å². The fourth-order valence-electron chi connectivity index (χ4n) is 2.38. The fraction of sp³-hybridized carbons (Fsp3) is 0.190. The molecule has 0 N–H and O–H groups in total. The Labute approximate surface area is 163 Å². The highest BCUT2D eigenvalue weighted by Gasteiger charge is 2.13. The number of hydrogen-bond acceptors (Lipinski definition) is 5. The van der Waals surface area contributed by atoms with Gasteiger partial charge in [0, 0.05) is 5.02 Å². The van der Waals surface area contributed by atoms with Crippen molar-refractivity contribution in [2.45, 2.75) is 25.9 Å². The van der Waals surface area contributed by atoms with Crippen molar-refractivity contribution in [1.82, 2.24) is 4.98 Å². The second-order valence-corrected chi connectivity index (χ2v) is 6.53. The third kappa shape index (κ3) is 5.53. The van der Waals surface area contributed by atoms with E-state index in [-0.39, 0.29) is 12.1 Å². The van der Waals surface area contributed by atoms with Gasteiger partial charge in [-0.1, -0.05) is 48.0 Å². The smallest absolute Gasteiger partial charge is 0.110 e. The summed E-state index contributed by atoms with van der Waals surface area (Å²) in [6, 6.07) is 22.4. The van der Waals surface area contributed by atoms with E-state index in [4.69, 9.17) is 11.6 Å². The summed E-state index contributed by atoms with van der Waals surface area (Å²) in [5.41, 5.74) is 3.10. The maximum Gasteiger partial charge on any atom is 0.110 e. The summed E-state index contributed by atoms with van der Waals surface area (Å²) in [5, 5.41) is 17.8. The van der Waals surface area contributed by atoms with E-state index in [9.17, 15) is 0 Å². The van der Waals surface area contributed by atoms with Crippen molar-refractivity contribution >= 4 is 23.0 Å². The predicted molar refractivity (Wildman–Crippen MR) is 108 cm³/mol. The van der Waals surface area contributed by atoms with Crippen LogP contribution in [-0.4, -0.2) is 4.98 Å². The van der Waals surface area contributed by atoms with Gasteiger partial charge in [-0.25, -0.2) is 0 Å². The van der Waals surface area contributed by atoms with Crippen molar-refractivity contribution in [3.63, 3.8) is 0 Å². The zero-order valence-electron chi connectivity index (χ0n) is 15.2. The second-order valence-electron chi connectivity index (χ2n) is 6.09. The van der Waals surface area contributed by atoms with Crippen LogP contribution in [0, 0.1) is 0 Å². The van der Waals surface area contributed by atoms with Crippen LogP contribution in [0.5, 0.6) is 0 Å². The van der Waals surface area contributed by atoms with Gasteiger partial charge in [0.05, 0.1) is 22.8 Å². The molecular weight excluding hydrogens is 358 g/mol. The molecule has 136 valence electrons. The molecule has 0 radical (unpaired) electrons. The minimum atomic E-state index is -0.221. The SMILES string of the molecule is CC(N=Nc1ccccc1)c1cc(Cl)cc(C(C)N=Nc2ccccc2)n1. The zero-order chi connectivity index (χ0) is 19.1. The lowest BCUT2D eigenvalue weighted by Gasteiger charge is -2.10. The maximum absolute atomic E-state index is 6.29. The summed E-state index contributed by atoms with van der Waals surface area (Å²) in [5.74, 6) is 0. The highest BCUT2D eigenvalue weighted by atomic mass is 35.5. The summed E-state index contributed by atoms with van der Waals surface area (Å²) in [4.78, 5) is 4.67. The van der Waals surface area contributed by atoms with Crippen LogP contribution in [0.2, 0.25) is 5.02 Å². The van der Waals surface area contributed by atoms with Gasteiger partial charge in [0.1, 0.15) is 12.1 Å². The lowest BCUT2D eigenvalue weighted by Crippen LogP contribution is -2.00. The largest absolute Gasteiger partial charge is 0.253 e. The number of hydrogen-bond donors (Lipinski definition) is 0. The topological polar surface area (TPSA) is 62.3 Å². The summed E-state index contributed by atoms with van der Waals surface area (Å²) in [7, 11) is 0. The van der Waals surface area contributed by atoms with Gasteiger partial charge < -0.3 is 0 Å². The van der Waals surface area contributed by atoms with Gasteiger partial charge in [0.25, 0.3) is 0 Å². The predicted octanol–water partition coefficient (Wildman–Crippen LogP) is 7.42. The molecule has 1 aromatic heterocycles. The Hall–Kier alpha value is -2.92. The summed E-state index contributed by atoms with van der Waals surface area (Å²) in [6.45, 7) is 3.87. The lowest BCUT2D eigenvalue weighted by molar-refractivity contribution is 0.691. The van der Waals surface area contributed by atoms with Gasteiger partial charge in [-0.05, 0) is 50.2 Å². The van der Waals surface area contributed by atoms with Gasteiger partial charge in [-0.15, -0.1) is 0 Å². The molecule has 0 saturated carbocycles. The van der Waals surface area contributed by atoms with E-state index in [1.54, 1.807) is 12.1 Å². The number of nitrogens with zero attached hydrogens (tertiary/aromatic N) is 5. The van der Waals surface area contributed by atoms with Gasteiger partial charge in [-0.2, -0.15) is 20.5 Å². The van der Waals surface area contributed by atoms with Gasteiger partial charge >= 0.3 is 0 Å². The van der Waals surface area contributed by atoms with Crippen molar-refractivity contribution in [2.24, 2.45) is 20.5 Å². The molecule has 0 aliphatic rings. The molecule has 3 rings (SSSR count). The van der Waals surface area contributed by atoms with Crippen LogP contribution in [0.3, 0.4) is 0 Å². The number of azo groups is 2. The molecule has 0 fully saturated rings. The summed E-state index contributed by atoms with van der Waals surface area (Å²) < 4.78 is 0. The van der Waals surface area contributed by atoms with Crippen molar-refractivity contribution in [2.75, 3.05) is 0 Å². The first-order valence-electron chi connectivity index (χ1n) is 8.71. The number of halogens is 1. The first-order valence-corrected chi connectivity index (χ1v) is 9.09. The van der Waals surface area contributed by atoms with E-state index >= 15 is 0 Å². The maximum atomic E-state index is 6.29. The van der Waals surface area contributed by atoms with Crippen LogP contribution in [0.4, 0.5) is 11.4 Å². The average Bonchev–Trinajstić information content (AvgIpc) is 2.71. The van der Waals surface area contributed by atoms with E-state index in [0.29, 0.717) is 5.02 Å². The highest BCUT2D eigenvalue weighted by molar-refractivity contribution is 6.30. The van der Waals surface area contributed by atoms with E-state index in [1.165, 1.54) is 0 Å². The number of pyridine rings is 1. The number of rotatable bonds is 6. The van der Waals surface area contributed by atoms with Gasteiger partial charge in [-0.3, -0.25) is 4.98 Å². The lowest BCUT2D eigenvalue weighted by atomic mass is 10.1. The molecule has 0 aliphatic carbocycles. The third-order valence-electron chi connectivity index (χ3n) is 3.89. The van der Waals surface area contributed by atoms with Crippen LogP contribution in [0.1, 0.15) is 37.3 Å².